The molecule has 1 fully saturated rings. The zero-order chi connectivity index (χ0) is 13.7. The molecule has 0 bridgehead atoms. The Bertz CT molecular complexity index is 416. The van der Waals surface area contributed by atoms with E-state index in [1.165, 1.54) is 6.42 Å². The number of aliphatic hydroxyl groups is 1. The minimum Gasteiger partial charge on any atom is -0.394 e. The maximum absolute atomic E-state index is 9.71. The number of aryl methyl sites for hydroxylation is 1. The van der Waals surface area contributed by atoms with Gasteiger partial charge < -0.3 is 16.2 Å². The number of nitrogen functional groups attached to an aromatic ring is 1. The number of nitrogens with two attached hydrogens (primary N) is 1. The highest BCUT2D eigenvalue weighted by molar-refractivity contribution is 5.46. The average Bonchev–Trinajstić information content (AvgIpc) is 2.39. The number of hydrogen-bond donors (Lipinski definition) is 3. The van der Waals surface area contributed by atoms with Crippen LogP contribution in [0.25, 0.3) is 0 Å². The van der Waals surface area contributed by atoms with E-state index in [0.717, 1.165) is 50.2 Å². The average molecular weight is 264 g/mol. The fourth-order valence-corrected chi connectivity index (χ4v) is 2.74. The van der Waals surface area contributed by atoms with Gasteiger partial charge in [-0.2, -0.15) is 0 Å². The van der Waals surface area contributed by atoms with Gasteiger partial charge in [0.2, 0.25) is 0 Å². The first-order valence-corrected chi connectivity index (χ1v) is 7.20. The summed E-state index contributed by atoms with van der Waals surface area (Å²) >= 11 is 0. The molecular weight excluding hydrogens is 240 g/mol. The van der Waals surface area contributed by atoms with Gasteiger partial charge >= 0.3 is 0 Å². The topological polar surface area (TPSA) is 84.1 Å². The Hall–Kier alpha value is -1.36. The number of aliphatic hydroxyl groups excluding tert-OH is 1. The van der Waals surface area contributed by atoms with Crippen molar-refractivity contribution in [3.8, 4) is 0 Å². The van der Waals surface area contributed by atoms with E-state index < -0.39 is 0 Å². The molecule has 1 aromatic rings. The second kappa shape index (κ2) is 6.19. The maximum atomic E-state index is 9.71. The van der Waals surface area contributed by atoms with Crippen LogP contribution in [0.1, 0.15) is 51.3 Å². The Kier molecular flexibility index (Phi) is 4.58. The van der Waals surface area contributed by atoms with E-state index in [9.17, 15) is 5.11 Å². The van der Waals surface area contributed by atoms with Crippen molar-refractivity contribution in [1.82, 2.24) is 9.97 Å². The molecule has 1 aliphatic rings. The number of nitrogens with zero attached hydrogens (tertiary/aromatic N) is 2. The van der Waals surface area contributed by atoms with Crippen molar-refractivity contribution in [2.24, 2.45) is 0 Å². The zero-order valence-corrected chi connectivity index (χ0v) is 11.7. The van der Waals surface area contributed by atoms with Crippen LogP contribution in [0.4, 0.5) is 11.6 Å². The molecule has 1 aliphatic carbocycles. The second-order valence-corrected chi connectivity index (χ2v) is 5.47. The fraction of sp³-hybridized carbons (Fsp3) is 0.714. The van der Waals surface area contributed by atoms with E-state index in [-0.39, 0.29) is 12.1 Å². The Morgan fingerprint density at radius 1 is 1.32 bits per heavy atom. The first kappa shape index (κ1) is 14.1. The van der Waals surface area contributed by atoms with Gasteiger partial charge in [0.05, 0.1) is 12.1 Å². The lowest BCUT2D eigenvalue weighted by molar-refractivity contribution is 0.172. The lowest BCUT2D eigenvalue weighted by Crippen LogP contribution is -2.44. The molecule has 0 spiro atoms. The number of rotatable bonds is 5. The lowest BCUT2D eigenvalue weighted by atomic mass is 9.82. The van der Waals surface area contributed by atoms with Crippen LogP contribution in [0.2, 0.25) is 0 Å². The van der Waals surface area contributed by atoms with E-state index in [1.807, 2.05) is 0 Å². The Labute approximate surface area is 114 Å². The standard InChI is InChI=1S/C14H24N4O/c1-2-6-12-16-11(15)9-13(17-12)18-14(10-19)7-4-3-5-8-14/h9,19H,2-8,10H2,1H3,(H3,15,16,17,18). The van der Waals surface area contributed by atoms with Gasteiger partial charge in [-0.1, -0.05) is 26.2 Å². The van der Waals surface area contributed by atoms with Gasteiger partial charge in [-0.25, -0.2) is 9.97 Å². The third kappa shape index (κ3) is 3.56. The third-order valence-corrected chi connectivity index (χ3v) is 3.77. The van der Waals surface area contributed by atoms with Gasteiger partial charge in [0, 0.05) is 12.5 Å². The van der Waals surface area contributed by atoms with Crippen LogP contribution < -0.4 is 11.1 Å². The lowest BCUT2D eigenvalue weighted by Gasteiger charge is -2.37. The molecular formula is C14H24N4O. The molecule has 2 rings (SSSR count). The van der Waals surface area contributed by atoms with E-state index >= 15 is 0 Å². The van der Waals surface area contributed by atoms with E-state index in [2.05, 4.69) is 22.2 Å². The normalized spacial score (nSPS) is 18.2. The van der Waals surface area contributed by atoms with Gasteiger partial charge in [0.25, 0.3) is 0 Å². The van der Waals surface area contributed by atoms with Gasteiger partial charge in [0.1, 0.15) is 17.5 Å². The summed E-state index contributed by atoms with van der Waals surface area (Å²) in [6.07, 6.45) is 7.33. The van der Waals surface area contributed by atoms with Crippen molar-refractivity contribution in [2.75, 3.05) is 17.7 Å². The van der Waals surface area contributed by atoms with Gasteiger partial charge in [-0.15, -0.1) is 0 Å². The van der Waals surface area contributed by atoms with Gasteiger partial charge in [-0.3, -0.25) is 0 Å². The molecule has 0 saturated heterocycles. The Morgan fingerprint density at radius 3 is 2.68 bits per heavy atom. The number of anilines is 2. The molecule has 0 unspecified atom stereocenters. The Balaban J connectivity index is 2.16. The molecule has 0 amide bonds. The predicted octanol–water partition coefficient (Wildman–Crippen LogP) is 2.12. The van der Waals surface area contributed by atoms with Crippen LogP contribution in [0.15, 0.2) is 6.07 Å². The highest BCUT2D eigenvalue weighted by atomic mass is 16.3. The summed E-state index contributed by atoms with van der Waals surface area (Å²) in [6.45, 7) is 2.23. The number of nitrogens with one attached hydrogen (secondary N) is 1. The van der Waals surface area contributed by atoms with Crippen molar-refractivity contribution >= 4 is 11.6 Å². The van der Waals surface area contributed by atoms with Crippen molar-refractivity contribution in [1.29, 1.82) is 0 Å². The minimum absolute atomic E-state index is 0.139. The summed E-state index contributed by atoms with van der Waals surface area (Å²) in [5.41, 5.74) is 5.59. The molecule has 1 heterocycles. The zero-order valence-electron chi connectivity index (χ0n) is 11.7. The highest BCUT2D eigenvalue weighted by Gasteiger charge is 2.31. The van der Waals surface area contributed by atoms with E-state index in [1.54, 1.807) is 6.07 Å². The number of hydrogen-bond acceptors (Lipinski definition) is 5. The van der Waals surface area contributed by atoms with Crippen molar-refractivity contribution in [3.05, 3.63) is 11.9 Å². The second-order valence-electron chi connectivity index (χ2n) is 5.47. The smallest absolute Gasteiger partial charge is 0.133 e. The monoisotopic (exact) mass is 264 g/mol. The summed E-state index contributed by atoms with van der Waals surface area (Å²) in [7, 11) is 0. The van der Waals surface area contributed by atoms with Crippen LogP contribution >= 0.6 is 0 Å². The fourth-order valence-electron chi connectivity index (χ4n) is 2.74. The quantitative estimate of drug-likeness (QED) is 0.758. The maximum Gasteiger partial charge on any atom is 0.133 e. The number of aromatic nitrogens is 2. The SMILES string of the molecule is CCCc1nc(N)cc(NC2(CO)CCCCC2)n1. The third-order valence-electron chi connectivity index (χ3n) is 3.77. The van der Waals surface area contributed by atoms with Gasteiger partial charge in [-0.05, 0) is 19.3 Å². The summed E-state index contributed by atoms with van der Waals surface area (Å²) < 4.78 is 0. The van der Waals surface area contributed by atoms with Crippen molar-refractivity contribution in [2.45, 2.75) is 57.4 Å². The van der Waals surface area contributed by atoms with Crippen LogP contribution in [-0.4, -0.2) is 27.2 Å². The first-order valence-electron chi connectivity index (χ1n) is 7.20. The summed E-state index contributed by atoms with van der Waals surface area (Å²) in [5, 5.41) is 13.1. The van der Waals surface area contributed by atoms with Gasteiger partial charge in [0.15, 0.2) is 0 Å². The van der Waals surface area contributed by atoms with Crippen molar-refractivity contribution < 1.29 is 5.11 Å². The Morgan fingerprint density at radius 2 is 2.05 bits per heavy atom. The van der Waals surface area contributed by atoms with Crippen LogP contribution in [0, 0.1) is 0 Å². The molecule has 106 valence electrons. The molecule has 0 aliphatic heterocycles. The van der Waals surface area contributed by atoms with Crippen LogP contribution in [-0.2, 0) is 6.42 Å². The molecule has 1 aromatic heterocycles. The van der Waals surface area contributed by atoms with Crippen LogP contribution in [0.3, 0.4) is 0 Å². The summed E-state index contributed by atoms with van der Waals surface area (Å²) in [5.74, 6) is 2.01. The highest BCUT2D eigenvalue weighted by Crippen LogP contribution is 2.31. The molecule has 5 nitrogen and oxygen atoms in total. The first-order chi connectivity index (χ1) is 9.17. The minimum atomic E-state index is -0.234. The van der Waals surface area contributed by atoms with E-state index in [0.29, 0.717) is 5.82 Å². The van der Waals surface area contributed by atoms with E-state index in [4.69, 9.17) is 5.73 Å². The van der Waals surface area contributed by atoms with Crippen molar-refractivity contribution in [3.63, 3.8) is 0 Å². The molecule has 0 radical (unpaired) electrons. The summed E-state index contributed by atoms with van der Waals surface area (Å²) in [6, 6.07) is 1.76. The molecule has 19 heavy (non-hydrogen) atoms. The largest absolute Gasteiger partial charge is 0.394 e. The molecule has 4 N–H and O–H groups in total. The molecule has 5 heteroatoms. The predicted molar refractivity (Wildman–Crippen MR) is 77.0 cm³/mol. The summed E-state index contributed by atoms with van der Waals surface area (Å²) in [4.78, 5) is 8.73. The van der Waals surface area contributed by atoms with Crippen LogP contribution in [0.5, 0.6) is 0 Å². The molecule has 0 atom stereocenters. The molecule has 1 saturated carbocycles. The molecule has 0 aromatic carbocycles.